The molecule has 0 amide bonds. The number of anilines is 1. The molecule has 0 unspecified atom stereocenters. The summed E-state index contributed by atoms with van der Waals surface area (Å²) in [6, 6.07) is 7.69. The molecule has 0 spiro atoms. The monoisotopic (exact) mass is 324 g/mol. The van der Waals surface area contributed by atoms with Crippen LogP contribution in [0.25, 0.3) is 0 Å². The Labute approximate surface area is 137 Å². The molecule has 1 aromatic carbocycles. The molecule has 0 aromatic heterocycles. The van der Waals surface area contributed by atoms with Crippen molar-refractivity contribution in [2.45, 2.75) is 32.6 Å². The first-order chi connectivity index (χ1) is 10.7. The van der Waals surface area contributed by atoms with Crippen LogP contribution in [0.5, 0.6) is 5.75 Å². The largest absolute Gasteiger partial charge is 0.492 e. The molecule has 1 aromatic rings. The van der Waals surface area contributed by atoms with Crippen molar-refractivity contribution in [2.75, 3.05) is 25.6 Å². The van der Waals surface area contributed by atoms with Crippen molar-refractivity contribution >= 4 is 29.0 Å². The van der Waals surface area contributed by atoms with Crippen LogP contribution < -0.4 is 15.4 Å². The number of carbonyl (C=O) groups is 1. The maximum Gasteiger partial charge on any atom is 0.305 e. The Kier molecular flexibility index (Phi) is 8.98. The Hall–Kier alpha value is -1.82. The molecule has 0 saturated carbocycles. The molecular formula is C16H24N2O3S. The van der Waals surface area contributed by atoms with E-state index in [4.69, 9.17) is 17.0 Å². The number of hydrogen-bond donors (Lipinski definition) is 2. The summed E-state index contributed by atoms with van der Waals surface area (Å²) in [6.07, 6.45) is 3.22. The van der Waals surface area contributed by atoms with E-state index in [0.29, 0.717) is 18.1 Å². The number of ether oxygens (including phenoxy) is 2. The fourth-order valence-corrected chi connectivity index (χ4v) is 2.10. The van der Waals surface area contributed by atoms with Crippen LogP contribution in [0.4, 0.5) is 5.69 Å². The van der Waals surface area contributed by atoms with Crippen LogP contribution in [-0.4, -0.2) is 31.3 Å². The Balaban J connectivity index is 2.22. The van der Waals surface area contributed by atoms with E-state index in [-0.39, 0.29) is 5.97 Å². The number of para-hydroxylation sites is 2. The lowest BCUT2D eigenvalue weighted by molar-refractivity contribution is -0.140. The first kappa shape index (κ1) is 18.2. The van der Waals surface area contributed by atoms with E-state index in [0.717, 1.165) is 37.2 Å². The fraction of sp³-hybridized carbons (Fsp3) is 0.500. The minimum atomic E-state index is -0.155. The second kappa shape index (κ2) is 10.8. The summed E-state index contributed by atoms with van der Waals surface area (Å²) >= 11 is 5.27. The van der Waals surface area contributed by atoms with Gasteiger partial charge in [0, 0.05) is 13.0 Å². The van der Waals surface area contributed by atoms with E-state index in [2.05, 4.69) is 15.4 Å². The van der Waals surface area contributed by atoms with Gasteiger partial charge in [-0.15, -0.1) is 0 Å². The lowest BCUT2D eigenvalue weighted by atomic mass is 10.2. The van der Waals surface area contributed by atoms with Crippen molar-refractivity contribution in [1.82, 2.24) is 5.32 Å². The highest BCUT2D eigenvalue weighted by molar-refractivity contribution is 7.80. The molecule has 0 bridgehead atoms. The summed E-state index contributed by atoms with van der Waals surface area (Å²) in [6.45, 7) is 3.32. The SMILES string of the molecule is CCOc1ccccc1NC(=S)NCCCCCC(=O)OC. The predicted molar refractivity (Wildman–Crippen MR) is 92.3 cm³/mol. The zero-order chi connectivity index (χ0) is 16.2. The molecule has 122 valence electrons. The van der Waals surface area contributed by atoms with Gasteiger partial charge in [-0.1, -0.05) is 18.6 Å². The van der Waals surface area contributed by atoms with Gasteiger partial charge < -0.3 is 20.1 Å². The van der Waals surface area contributed by atoms with Crippen molar-refractivity contribution in [3.8, 4) is 5.75 Å². The second-order valence-corrected chi connectivity index (χ2v) is 5.11. The summed E-state index contributed by atoms with van der Waals surface area (Å²) in [5, 5.41) is 6.86. The van der Waals surface area contributed by atoms with E-state index >= 15 is 0 Å². The van der Waals surface area contributed by atoms with Gasteiger partial charge in [-0.25, -0.2) is 0 Å². The highest BCUT2D eigenvalue weighted by Crippen LogP contribution is 2.23. The summed E-state index contributed by atoms with van der Waals surface area (Å²) in [5.74, 6) is 0.630. The third-order valence-corrected chi connectivity index (χ3v) is 3.25. The standard InChI is InChI=1S/C16H24N2O3S/c1-3-21-14-10-7-6-9-13(14)18-16(22)17-12-8-4-5-11-15(19)20-2/h6-7,9-10H,3-5,8,11-12H2,1-2H3,(H2,17,18,22). The third kappa shape index (κ3) is 7.26. The first-order valence-corrected chi connectivity index (χ1v) is 7.91. The highest BCUT2D eigenvalue weighted by atomic mass is 32.1. The van der Waals surface area contributed by atoms with Crippen molar-refractivity contribution in [2.24, 2.45) is 0 Å². The predicted octanol–water partition coefficient (Wildman–Crippen LogP) is 3.11. The van der Waals surface area contributed by atoms with E-state index in [1.54, 1.807) is 0 Å². The summed E-state index contributed by atoms with van der Waals surface area (Å²) in [4.78, 5) is 11.0. The van der Waals surface area contributed by atoms with Crippen LogP contribution in [0.1, 0.15) is 32.6 Å². The maximum absolute atomic E-state index is 11.0. The number of rotatable bonds is 9. The average molecular weight is 324 g/mol. The molecule has 6 heteroatoms. The van der Waals surface area contributed by atoms with Gasteiger partial charge in [-0.2, -0.15) is 0 Å². The normalized spacial score (nSPS) is 9.91. The third-order valence-electron chi connectivity index (χ3n) is 3.01. The molecule has 0 aliphatic heterocycles. The number of carbonyl (C=O) groups excluding carboxylic acids is 1. The van der Waals surface area contributed by atoms with Crippen molar-refractivity contribution < 1.29 is 14.3 Å². The Bertz CT molecular complexity index is 480. The molecule has 0 saturated heterocycles. The summed E-state index contributed by atoms with van der Waals surface area (Å²) in [7, 11) is 1.41. The number of hydrogen-bond acceptors (Lipinski definition) is 4. The number of nitrogens with one attached hydrogen (secondary N) is 2. The Morgan fingerprint density at radius 1 is 1.23 bits per heavy atom. The fourth-order valence-electron chi connectivity index (χ4n) is 1.89. The summed E-state index contributed by atoms with van der Waals surface area (Å²) in [5.41, 5.74) is 0.854. The number of thiocarbonyl (C=S) groups is 1. The van der Waals surface area contributed by atoms with Gasteiger partial charge in [0.2, 0.25) is 0 Å². The molecular weight excluding hydrogens is 300 g/mol. The molecule has 0 aliphatic rings. The lowest BCUT2D eigenvalue weighted by Crippen LogP contribution is -2.29. The van der Waals surface area contributed by atoms with E-state index in [9.17, 15) is 4.79 Å². The number of unbranched alkanes of at least 4 members (excludes halogenated alkanes) is 2. The van der Waals surface area contributed by atoms with Crippen LogP contribution in [-0.2, 0) is 9.53 Å². The number of benzene rings is 1. The van der Waals surface area contributed by atoms with Gasteiger partial charge in [0.05, 0.1) is 19.4 Å². The van der Waals surface area contributed by atoms with E-state index in [1.165, 1.54) is 7.11 Å². The van der Waals surface area contributed by atoms with Gasteiger partial charge in [0.25, 0.3) is 0 Å². The molecule has 0 radical (unpaired) electrons. The van der Waals surface area contributed by atoms with Gasteiger partial charge >= 0.3 is 5.97 Å². The molecule has 0 fully saturated rings. The zero-order valence-corrected chi connectivity index (χ0v) is 14.0. The minimum Gasteiger partial charge on any atom is -0.492 e. The number of methoxy groups -OCH3 is 1. The molecule has 2 N–H and O–H groups in total. The molecule has 22 heavy (non-hydrogen) atoms. The molecule has 0 aliphatic carbocycles. The van der Waals surface area contributed by atoms with E-state index in [1.807, 2.05) is 31.2 Å². The molecule has 1 rings (SSSR count). The topological polar surface area (TPSA) is 59.6 Å². The van der Waals surface area contributed by atoms with Gasteiger partial charge in [0.15, 0.2) is 5.11 Å². The minimum absolute atomic E-state index is 0.155. The van der Waals surface area contributed by atoms with Gasteiger partial charge in [0.1, 0.15) is 5.75 Å². The molecule has 0 heterocycles. The van der Waals surface area contributed by atoms with Crippen molar-refractivity contribution in [3.63, 3.8) is 0 Å². The first-order valence-electron chi connectivity index (χ1n) is 7.50. The van der Waals surface area contributed by atoms with Crippen molar-refractivity contribution in [1.29, 1.82) is 0 Å². The Morgan fingerprint density at radius 3 is 2.73 bits per heavy atom. The van der Waals surface area contributed by atoms with Crippen LogP contribution >= 0.6 is 12.2 Å². The second-order valence-electron chi connectivity index (χ2n) is 4.70. The van der Waals surface area contributed by atoms with Gasteiger partial charge in [-0.05, 0) is 44.1 Å². The zero-order valence-electron chi connectivity index (χ0n) is 13.2. The Morgan fingerprint density at radius 2 is 2.00 bits per heavy atom. The quantitative estimate of drug-likeness (QED) is 0.413. The molecule has 5 nitrogen and oxygen atoms in total. The van der Waals surface area contributed by atoms with Crippen LogP contribution in [0.2, 0.25) is 0 Å². The van der Waals surface area contributed by atoms with Crippen LogP contribution in [0, 0.1) is 0 Å². The van der Waals surface area contributed by atoms with Crippen molar-refractivity contribution in [3.05, 3.63) is 24.3 Å². The highest BCUT2D eigenvalue weighted by Gasteiger charge is 2.04. The number of esters is 1. The lowest BCUT2D eigenvalue weighted by Gasteiger charge is -2.14. The van der Waals surface area contributed by atoms with Crippen LogP contribution in [0.15, 0.2) is 24.3 Å². The van der Waals surface area contributed by atoms with Crippen LogP contribution in [0.3, 0.4) is 0 Å². The van der Waals surface area contributed by atoms with E-state index < -0.39 is 0 Å². The maximum atomic E-state index is 11.0. The average Bonchev–Trinajstić information content (AvgIpc) is 2.52. The smallest absolute Gasteiger partial charge is 0.305 e. The van der Waals surface area contributed by atoms with Gasteiger partial charge in [-0.3, -0.25) is 4.79 Å². The summed E-state index contributed by atoms with van der Waals surface area (Å²) < 4.78 is 10.1. The molecule has 0 atom stereocenters.